The molecular weight excluding hydrogens is 252 g/mol. The van der Waals surface area contributed by atoms with Crippen molar-refractivity contribution >= 4 is 0 Å². The van der Waals surface area contributed by atoms with Gasteiger partial charge in [-0.25, -0.2) is 4.39 Å². The lowest BCUT2D eigenvalue weighted by atomic mass is 10.1. The number of benzene rings is 1. The van der Waals surface area contributed by atoms with Crippen LogP contribution < -0.4 is 5.32 Å². The standard InChI is InChI=1S/C11H10F4N2O/c12-9-2-1-7(3-8(9)4-16)5-17-6-10(18)11(13,14)15/h1-3,10,17-18H,5-6H2. The molecule has 0 radical (unpaired) electrons. The average Bonchev–Trinajstić information content (AvgIpc) is 2.30. The number of hydrogen-bond acceptors (Lipinski definition) is 3. The van der Waals surface area contributed by atoms with Crippen molar-refractivity contribution in [1.82, 2.24) is 5.32 Å². The van der Waals surface area contributed by atoms with Crippen LogP contribution >= 0.6 is 0 Å². The number of rotatable bonds is 4. The third-order valence-electron chi connectivity index (χ3n) is 2.20. The van der Waals surface area contributed by atoms with Gasteiger partial charge in [-0.15, -0.1) is 0 Å². The lowest BCUT2D eigenvalue weighted by Crippen LogP contribution is -2.38. The fourth-order valence-electron chi connectivity index (χ4n) is 1.24. The third kappa shape index (κ3) is 3.98. The zero-order valence-corrected chi connectivity index (χ0v) is 9.13. The topological polar surface area (TPSA) is 56.0 Å². The van der Waals surface area contributed by atoms with Gasteiger partial charge in [-0.05, 0) is 17.7 Å². The van der Waals surface area contributed by atoms with Crippen LogP contribution in [0, 0.1) is 17.1 Å². The minimum atomic E-state index is -4.67. The molecule has 1 aromatic carbocycles. The number of aliphatic hydroxyl groups is 1. The van der Waals surface area contributed by atoms with E-state index < -0.39 is 24.6 Å². The summed E-state index contributed by atoms with van der Waals surface area (Å²) in [5.41, 5.74) is 0.285. The van der Waals surface area contributed by atoms with E-state index >= 15 is 0 Å². The number of nitrogens with one attached hydrogen (secondary N) is 1. The van der Waals surface area contributed by atoms with Gasteiger partial charge in [0.2, 0.25) is 0 Å². The summed E-state index contributed by atoms with van der Waals surface area (Å²) in [6, 6.07) is 5.28. The van der Waals surface area contributed by atoms with Crippen LogP contribution in [0.5, 0.6) is 0 Å². The van der Waals surface area contributed by atoms with E-state index in [0.29, 0.717) is 5.56 Å². The summed E-state index contributed by atoms with van der Waals surface area (Å²) in [7, 11) is 0. The molecule has 3 nitrogen and oxygen atoms in total. The van der Waals surface area contributed by atoms with Crippen molar-refractivity contribution in [3.63, 3.8) is 0 Å². The molecule has 0 bridgehead atoms. The predicted molar refractivity (Wildman–Crippen MR) is 54.9 cm³/mol. The van der Waals surface area contributed by atoms with Gasteiger partial charge >= 0.3 is 6.18 Å². The van der Waals surface area contributed by atoms with E-state index in [4.69, 9.17) is 10.4 Å². The molecule has 1 atom stereocenters. The molecule has 2 N–H and O–H groups in total. The minimum absolute atomic E-state index is 0.00208. The lowest BCUT2D eigenvalue weighted by Gasteiger charge is -2.15. The summed E-state index contributed by atoms with van der Waals surface area (Å²) < 4.78 is 48.8. The lowest BCUT2D eigenvalue weighted by molar-refractivity contribution is -0.201. The molecule has 0 saturated carbocycles. The van der Waals surface area contributed by atoms with Crippen molar-refractivity contribution in [3.05, 3.63) is 35.1 Å². The normalized spacial score (nSPS) is 13.1. The van der Waals surface area contributed by atoms with Crippen LogP contribution in [-0.4, -0.2) is 23.9 Å². The van der Waals surface area contributed by atoms with Crippen LogP contribution in [0.1, 0.15) is 11.1 Å². The highest BCUT2D eigenvalue weighted by atomic mass is 19.4. The maximum Gasteiger partial charge on any atom is 0.415 e. The molecule has 1 rings (SSSR count). The summed E-state index contributed by atoms with van der Waals surface area (Å²) >= 11 is 0. The van der Waals surface area contributed by atoms with E-state index in [1.54, 1.807) is 6.07 Å². The van der Waals surface area contributed by atoms with E-state index in [1.165, 1.54) is 12.1 Å². The molecule has 0 aromatic heterocycles. The van der Waals surface area contributed by atoms with E-state index in [1.807, 2.05) is 0 Å². The van der Waals surface area contributed by atoms with Gasteiger partial charge in [-0.3, -0.25) is 0 Å². The first-order valence-electron chi connectivity index (χ1n) is 4.98. The Labute approximate surface area is 101 Å². The van der Waals surface area contributed by atoms with E-state index in [-0.39, 0.29) is 12.1 Å². The Morgan fingerprint density at radius 1 is 1.39 bits per heavy atom. The van der Waals surface area contributed by atoms with Crippen molar-refractivity contribution < 1.29 is 22.7 Å². The van der Waals surface area contributed by atoms with Crippen LogP contribution in [0.15, 0.2) is 18.2 Å². The molecule has 0 spiro atoms. The Morgan fingerprint density at radius 2 is 2.06 bits per heavy atom. The first kappa shape index (κ1) is 14.4. The van der Waals surface area contributed by atoms with Crippen molar-refractivity contribution in [2.45, 2.75) is 18.8 Å². The molecule has 0 amide bonds. The summed E-state index contributed by atoms with van der Waals surface area (Å²) in [6.07, 6.45) is -7.12. The molecule has 0 fully saturated rings. The van der Waals surface area contributed by atoms with Gasteiger partial charge in [0.25, 0.3) is 0 Å². The highest BCUT2D eigenvalue weighted by Gasteiger charge is 2.37. The number of nitrogens with zero attached hydrogens (tertiary/aromatic N) is 1. The van der Waals surface area contributed by atoms with Gasteiger partial charge in [0, 0.05) is 13.1 Å². The van der Waals surface area contributed by atoms with Gasteiger partial charge < -0.3 is 10.4 Å². The molecule has 1 unspecified atom stereocenters. The maximum absolute atomic E-state index is 12.9. The summed E-state index contributed by atoms with van der Waals surface area (Å²) in [4.78, 5) is 0. The Bertz CT molecular complexity index is 453. The van der Waals surface area contributed by atoms with Gasteiger partial charge in [-0.2, -0.15) is 18.4 Å². The molecule has 0 saturated heterocycles. The zero-order chi connectivity index (χ0) is 13.8. The maximum atomic E-state index is 12.9. The van der Waals surface area contributed by atoms with Crippen LogP contribution in [-0.2, 0) is 6.54 Å². The molecule has 7 heteroatoms. The number of aliphatic hydroxyl groups excluding tert-OH is 1. The smallest absolute Gasteiger partial charge is 0.382 e. The van der Waals surface area contributed by atoms with Crippen molar-refractivity contribution in [2.24, 2.45) is 0 Å². The van der Waals surface area contributed by atoms with Crippen LogP contribution in [0.3, 0.4) is 0 Å². The molecule has 0 aliphatic carbocycles. The van der Waals surface area contributed by atoms with Crippen molar-refractivity contribution in [2.75, 3.05) is 6.54 Å². The number of hydrogen-bond donors (Lipinski definition) is 2. The van der Waals surface area contributed by atoms with Crippen LogP contribution in [0.2, 0.25) is 0 Å². The Morgan fingerprint density at radius 3 is 2.61 bits per heavy atom. The quantitative estimate of drug-likeness (QED) is 0.812. The Hall–Kier alpha value is -1.65. The van der Waals surface area contributed by atoms with E-state index in [0.717, 1.165) is 6.07 Å². The SMILES string of the molecule is N#Cc1cc(CNCC(O)C(F)(F)F)ccc1F. The highest BCUT2D eigenvalue weighted by molar-refractivity contribution is 5.34. The number of alkyl halides is 3. The van der Waals surface area contributed by atoms with Crippen molar-refractivity contribution in [1.29, 1.82) is 5.26 Å². The van der Waals surface area contributed by atoms with Crippen LogP contribution in [0.25, 0.3) is 0 Å². The summed E-state index contributed by atoms with van der Waals surface area (Å²) in [6.45, 7) is -0.662. The molecule has 1 aromatic rings. The first-order valence-corrected chi connectivity index (χ1v) is 4.98. The largest absolute Gasteiger partial charge is 0.415 e. The minimum Gasteiger partial charge on any atom is -0.382 e. The second-order valence-electron chi connectivity index (χ2n) is 3.61. The second-order valence-corrected chi connectivity index (χ2v) is 3.61. The second kappa shape index (κ2) is 5.80. The number of halogens is 4. The molecular formula is C11H10F4N2O. The molecule has 0 aliphatic rings. The molecule has 0 aliphatic heterocycles. The van der Waals surface area contributed by atoms with E-state index in [9.17, 15) is 17.6 Å². The third-order valence-corrected chi connectivity index (χ3v) is 2.20. The van der Waals surface area contributed by atoms with Gasteiger partial charge in [0.1, 0.15) is 11.9 Å². The van der Waals surface area contributed by atoms with Gasteiger partial charge in [0.15, 0.2) is 6.10 Å². The van der Waals surface area contributed by atoms with Gasteiger partial charge in [0.05, 0.1) is 5.56 Å². The first-order chi connectivity index (χ1) is 8.34. The summed E-state index contributed by atoms with van der Waals surface area (Å²) in [5.74, 6) is -0.684. The van der Waals surface area contributed by atoms with E-state index in [2.05, 4.69) is 5.32 Å². The van der Waals surface area contributed by atoms with Crippen LogP contribution in [0.4, 0.5) is 17.6 Å². The fourth-order valence-corrected chi connectivity index (χ4v) is 1.24. The Kier molecular flexibility index (Phi) is 4.64. The average molecular weight is 262 g/mol. The number of nitriles is 1. The molecule has 98 valence electrons. The predicted octanol–water partition coefficient (Wildman–Crippen LogP) is 1.71. The van der Waals surface area contributed by atoms with Gasteiger partial charge in [-0.1, -0.05) is 6.07 Å². The Balaban J connectivity index is 2.53. The molecule has 18 heavy (non-hydrogen) atoms. The zero-order valence-electron chi connectivity index (χ0n) is 9.13. The fraction of sp³-hybridized carbons (Fsp3) is 0.364. The molecule has 0 heterocycles. The highest BCUT2D eigenvalue weighted by Crippen LogP contribution is 2.19. The summed E-state index contributed by atoms with van der Waals surface area (Å²) in [5, 5.41) is 19.6. The van der Waals surface area contributed by atoms with Crippen molar-refractivity contribution in [3.8, 4) is 6.07 Å². The monoisotopic (exact) mass is 262 g/mol.